The number of hydrogen-bond acceptors (Lipinski definition) is 4. The van der Waals surface area contributed by atoms with Crippen LogP contribution >= 0.6 is 22.6 Å². The zero-order valence-electron chi connectivity index (χ0n) is 9.36. The summed E-state index contributed by atoms with van der Waals surface area (Å²) in [5.41, 5.74) is -0.168. The van der Waals surface area contributed by atoms with E-state index in [1.165, 1.54) is 6.33 Å². The lowest BCUT2D eigenvalue weighted by atomic mass is 10.2. The van der Waals surface area contributed by atoms with Crippen LogP contribution in [-0.4, -0.2) is 35.5 Å². The molecule has 7 heteroatoms. The van der Waals surface area contributed by atoms with E-state index in [0.29, 0.717) is 9.39 Å². The van der Waals surface area contributed by atoms with Gasteiger partial charge in [0.15, 0.2) is 0 Å². The van der Waals surface area contributed by atoms with Gasteiger partial charge in [-0.2, -0.15) is 0 Å². The molecular formula is C10H13IN4O2. The first kappa shape index (κ1) is 12.3. The highest BCUT2D eigenvalue weighted by Crippen LogP contribution is 2.25. The van der Waals surface area contributed by atoms with Crippen LogP contribution in [0.15, 0.2) is 11.1 Å². The Morgan fingerprint density at radius 2 is 2.47 bits per heavy atom. The maximum absolute atomic E-state index is 11.7. The Labute approximate surface area is 112 Å². The van der Waals surface area contributed by atoms with Gasteiger partial charge in [0.2, 0.25) is 5.91 Å². The molecule has 1 aliphatic heterocycles. The Morgan fingerprint density at radius 1 is 1.71 bits per heavy atom. The van der Waals surface area contributed by atoms with Crippen molar-refractivity contribution in [3.63, 3.8) is 0 Å². The summed E-state index contributed by atoms with van der Waals surface area (Å²) >= 11 is 1.96. The number of H-pyrrole nitrogens is 1. The second-order valence-electron chi connectivity index (χ2n) is 3.83. The number of carbonyl (C=O) groups is 1. The SMILES string of the molecule is CNC(=O)C1CCCN1c1nc[nH]c(=O)c1I. The molecule has 0 aromatic carbocycles. The number of aromatic amines is 1. The van der Waals surface area contributed by atoms with E-state index in [9.17, 15) is 9.59 Å². The van der Waals surface area contributed by atoms with Gasteiger partial charge >= 0.3 is 0 Å². The van der Waals surface area contributed by atoms with Crippen molar-refractivity contribution in [2.75, 3.05) is 18.5 Å². The van der Waals surface area contributed by atoms with Crippen molar-refractivity contribution >= 4 is 34.3 Å². The van der Waals surface area contributed by atoms with Crippen LogP contribution in [0.1, 0.15) is 12.8 Å². The molecule has 0 spiro atoms. The molecule has 92 valence electrons. The van der Waals surface area contributed by atoms with Gasteiger partial charge in [-0.1, -0.05) is 0 Å². The molecule has 2 heterocycles. The number of rotatable bonds is 2. The number of halogens is 1. The summed E-state index contributed by atoms with van der Waals surface area (Å²) in [6.07, 6.45) is 3.10. The normalized spacial score (nSPS) is 19.4. The molecule has 2 rings (SSSR count). The Morgan fingerprint density at radius 3 is 3.18 bits per heavy atom. The highest BCUT2D eigenvalue weighted by atomic mass is 127. The number of aromatic nitrogens is 2. The number of nitrogens with one attached hydrogen (secondary N) is 2. The minimum absolute atomic E-state index is 0.0274. The van der Waals surface area contributed by atoms with Gasteiger partial charge in [0.05, 0.1) is 6.33 Å². The molecule has 0 radical (unpaired) electrons. The van der Waals surface area contributed by atoms with E-state index in [1.54, 1.807) is 7.05 Å². The molecule has 1 aliphatic rings. The molecule has 17 heavy (non-hydrogen) atoms. The summed E-state index contributed by atoms with van der Waals surface area (Å²) in [6.45, 7) is 0.755. The number of amides is 1. The molecule has 1 atom stereocenters. The van der Waals surface area contributed by atoms with E-state index < -0.39 is 0 Å². The first-order valence-electron chi connectivity index (χ1n) is 5.36. The van der Waals surface area contributed by atoms with Crippen LogP contribution in [0, 0.1) is 3.57 Å². The van der Waals surface area contributed by atoms with Gasteiger partial charge in [-0.25, -0.2) is 4.98 Å². The van der Waals surface area contributed by atoms with E-state index in [-0.39, 0.29) is 17.5 Å². The summed E-state index contributed by atoms with van der Waals surface area (Å²) in [4.78, 5) is 31.8. The first-order valence-corrected chi connectivity index (χ1v) is 6.44. The largest absolute Gasteiger partial charge is 0.357 e. The van der Waals surface area contributed by atoms with Crippen LogP contribution in [0.4, 0.5) is 5.82 Å². The maximum Gasteiger partial charge on any atom is 0.266 e. The highest BCUT2D eigenvalue weighted by molar-refractivity contribution is 14.1. The van der Waals surface area contributed by atoms with E-state index in [2.05, 4.69) is 15.3 Å². The Hall–Kier alpha value is -1.12. The van der Waals surface area contributed by atoms with Crippen LogP contribution in [0.3, 0.4) is 0 Å². The number of nitrogens with zero attached hydrogens (tertiary/aromatic N) is 2. The third kappa shape index (κ3) is 2.28. The van der Waals surface area contributed by atoms with Gasteiger partial charge in [-0.05, 0) is 35.4 Å². The standard InChI is InChI=1S/C10H13IN4O2/c1-12-9(16)6-3-2-4-15(6)8-7(11)10(17)14-5-13-8/h5-6H,2-4H2,1H3,(H,12,16)(H,13,14,17). The molecule has 1 unspecified atom stereocenters. The maximum atomic E-state index is 11.7. The van der Waals surface area contributed by atoms with Gasteiger partial charge in [0.25, 0.3) is 5.56 Å². The van der Waals surface area contributed by atoms with Gasteiger partial charge in [-0.3, -0.25) is 9.59 Å². The smallest absolute Gasteiger partial charge is 0.266 e. The van der Waals surface area contributed by atoms with Crippen molar-refractivity contribution in [3.8, 4) is 0 Å². The Bertz CT molecular complexity index is 487. The molecule has 2 N–H and O–H groups in total. The van der Waals surface area contributed by atoms with Crippen LogP contribution in [-0.2, 0) is 4.79 Å². The highest BCUT2D eigenvalue weighted by Gasteiger charge is 2.32. The average Bonchev–Trinajstić information content (AvgIpc) is 2.80. The molecule has 0 bridgehead atoms. The quantitative estimate of drug-likeness (QED) is 0.743. The lowest BCUT2D eigenvalue weighted by Gasteiger charge is -2.24. The molecule has 1 fully saturated rings. The van der Waals surface area contributed by atoms with E-state index >= 15 is 0 Å². The van der Waals surface area contributed by atoms with Gasteiger partial charge < -0.3 is 15.2 Å². The summed E-state index contributed by atoms with van der Waals surface area (Å²) in [6, 6.07) is -0.220. The lowest BCUT2D eigenvalue weighted by Crippen LogP contribution is -2.43. The minimum atomic E-state index is -0.220. The van der Waals surface area contributed by atoms with Gasteiger partial charge in [0.1, 0.15) is 15.4 Å². The fourth-order valence-electron chi connectivity index (χ4n) is 2.03. The zero-order valence-corrected chi connectivity index (χ0v) is 11.5. The summed E-state index contributed by atoms with van der Waals surface area (Å²) < 4.78 is 0.529. The number of likely N-dealkylation sites (N-methyl/N-ethyl adjacent to an activating group) is 1. The molecular weight excluding hydrogens is 335 g/mol. The van der Waals surface area contributed by atoms with Crippen LogP contribution in [0.25, 0.3) is 0 Å². The predicted octanol–water partition coefficient (Wildman–Crippen LogP) is 0.0893. The summed E-state index contributed by atoms with van der Waals surface area (Å²) in [5.74, 6) is 0.570. The van der Waals surface area contributed by atoms with Crippen LogP contribution in [0.2, 0.25) is 0 Å². The van der Waals surface area contributed by atoms with Crippen LogP contribution in [0.5, 0.6) is 0 Å². The Balaban J connectivity index is 2.36. The van der Waals surface area contributed by atoms with Crippen molar-refractivity contribution in [1.82, 2.24) is 15.3 Å². The number of anilines is 1. The van der Waals surface area contributed by atoms with Crippen molar-refractivity contribution < 1.29 is 4.79 Å². The molecule has 1 amide bonds. The average molecular weight is 348 g/mol. The van der Waals surface area contributed by atoms with E-state index in [0.717, 1.165) is 19.4 Å². The second kappa shape index (κ2) is 5.03. The van der Waals surface area contributed by atoms with Crippen molar-refractivity contribution in [2.45, 2.75) is 18.9 Å². The van der Waals surface area contributed by atoms with Gasteiger partial charge in [0, 0.05) is 13.6 Å². The molecule has 6 nitrogen and oxygen atoms in total. The second-order valence-corrected chi connectivity index (χ2v) is 4.91. The first-order chi connectivity index (χ1) is 8.15. The molecule has 1 aromatic heterocycles. The molecule has 1 aromatic rings. The summed E-state index contributed by atoms with van der Waals surface area (Å²) in [7, 11) is 1.62. The zero-order chi connectivity index (χ0) is 12.4. The summed E-state index contributed by atoms with van der Waals surface area (Å²) in [5, 5.41) is 2.64. The van der Waals surface area contributed by atoms with Gasteiger partial charge in [-0.15, -0.1) is 0 Å². The topological polar surface area (TPSA) is 78.1 Å². The number of hydrogen-bond donors (Lipinski definition) is 2. The molecule has 0 saturated carbocycles. The van der Waals surface area contributed by atoms with Crippen LogP contribution < -0.4 is 15.8 Å². The van der Waals surface area contributed by atoms with E-state index in [4.69, 9.17) is 0 Å². The van der Waals surface area contributed by atoms with Crippen molar-refractivity contribution in [3.05, 3.63) is 20.3 Å². The fourth-order valence-corrected chi connectivity index (χ4v) is 2.64. The molecule has 1 saturated heterocycles. The van der Waals surface area contributed by atoms with E-state index in [1.807, 2.05) is 27.5 Å². The lowest BCUT2D eigenvalue weighted by molar-refractivity contribution is -0.121. The third-order valence-electron chi connectivity index (χ3n) is 2.85. The number of carbonyl (C=O) groups excluding carboxylic acids is 1. The van der Waals surface area contributed by atoms with Crippen molar-refractivity contribution in [1.29, 1.82) is 0 Å². The Kier molecular flexibility index (Phi) is 3.65. The fraction of sp³-hybridized carbons (Fsp3) is 0.500. The predicted molar refractivity (Wildman–Crippen MR) is 72.0 cm³/mol. The van der Waals surface area contributed by atoms with Crippen molar-refractivity contribution in [2.24, 2.45) is 0 Å². The third-order valence-corrected chi connectivity index (χ3v) is 3.82. The monoisotopic (exact) mass is 348 g/mol. The molecule has 0 aliphatic carbocycles. The minimum Gasteiger partial charge on any atom is -0.357 e.